The summed E-state index contributed by atoms with van der Waals surface area (Å²) in [5.41, 5.74) is 1.97. The zero-order valence-corrected chi connectivity index (χ0v) is 17.2. The third-order valence-corrected chi connectivity index (χ3v) is 5.19. The van der Waals surface area contributed by atoms with Gasteiger partial charge in [-0.3, -0.25) is 14.5 Å². The molecule has 0 saturated carbocycles. The standard InChI is InChI=1S/C21H22BrN3O3/c1-24-14-19(27)25(21(24)28)13-5-8-18(26)23-20(15-6-3-2-4-7-15)16-9-11-17(22)12-10-16/h2-4,6-7,9-12,20H,5,8,13-14H2,1H3,(H,23,26). The van der Waals surface area contributed by atoms with Gasteiger partial charge >= 0.3 is 6.03 Å². The predicted molar refractivity (Wildman–Crippen MR) is 110 cm³/mol. The number of nitrogens with zero attached hydrogens (tertiary/aromatic N) is 2. The summed E-state index contributed by atoms with van der Waals surface area (Å²) in [7, 11) is 1.59. The van der Waals surface area contributed by atoms with Crippen molar-refractivity contribution in [3.63, 3.8) is 0 Å². The molecule has 0 aliphatic carbocycles. The maximum Gasteiger partial charge on any atom is 0.326 e. The summed E-state index contributed by atoms with van der Waals surface area (Å²) in [5.74, 6) is -0.339. The molecule has 1 N–H and O–H groups in total. The molecule has 1 unspecified atom stereocenters. The van der Waals surface area contributed by atoms with Gasteiger partial charge in [-0.15, -0.1) is 0 Å². The molecule has 2 aromatic carbocycles. The first kappa shape index (κ1) is 20.1. The maximum absolute atomic E-state index is 12.5. The van der Waals surface area contributed by atoms with Gasteiger partial charge in [0, 0.05) is 24.5 Å². The zero-order valence-electron chi connectivity index (χ0n) is 15.6. The summed E-state index contributed by atoms with van der Waals surface area (Å²) < 4.78 is 0.972. The molecule has 4 amide bonds. The normalized spacial score (nSPS) is 15.1. The number of carbonyl (C=O) groups is 3. The number of amides is 4. The summed E-state index contributed by atoms with van der Waals surface area (Å²) >= 11 is 3.43. The van der Waals surface area contributed by atoms with Gasteiger partial charge in [-0.1, -0.05) is 58.4 Å². The summed E-state index contributed by atoms with van der Waals surface area (Å²) in [6.07, 6.45) is 0.666. The van der Waals surface area contributed by atoms with Gasteiger partial charge in [-0.2, -0.15) is 0 Å². The molecule has 146 valence electrons. The SMILES string of the molecule is CN1CC(=O)N(CCCC(=O)NC(c2ccccc2)c2ccc(Br)cc2)C1=O. The highest BCUT2D eigenvalue weighted by atomic mass is 79.9. The fraction of sp³-hybridized carbons (Fsp3) is 0.286. The van der Waals surface area contributed by atoms with E-state index in [0.29, 0.717) is 6.42 Å². The van der Waals surface area contributed by atoms with Gasteiger partial charge in [-0.05, 0) is 29.7 Å². The molecule has 1 fully saturated rings. The molecule has 6 nitrogen and oxygen atoms in total. The summed E-state index contributed by atoms with van der Waals surface area (Å²) in [6, 6.07) is 17.0. The van der Waals surface area contributed by atoms with Crippen molar-refractivity contribution < 1.29 is 14.4 Å². The van der Waals surface area contributed by atoms with Gasteiger partial charge in [0.25, 0.3) is 0 Å². The summed E-state index contributed by atoms with van der Waals surface area (Å²) in [4.78, 5) is 38.8. The van der Waals surface area contributed by atoms with Gasteiger partial charge in [0.2, 0.25) is 11.8 Å². The van der Waals surface area contributed by atoms with Crippen LogP contribution >= 0.6 is 15.9 Å². The minimum Gasteiger partial charge on any atom is -0.345 e. The lowest BCUT2D eigenvalue weighted by Gasteiger charge is -2.20. The van der Waals surface area contributed by atoms with Crippen molar-refractivity contribution in [3.8, 4) is 0 Å². The Morgan fingerprint density at radius 1 is 1.07 bits per heavy atom. The van der Waals surface area contributed by atoms with E-state index < -0.39 is 0 Å². The van der Waals surface area contributed by atoms with E-state index in [1.165, 1.54) is 9.80 Å². The van der Waals surface area contributed by atoms with Gasteiger partial charge in [0.15, 0.2) is 0 Å². The van der Waals surface area contributed by atoms with Crippen LogP contribution in [0.1, 0.15) is 30.0 Å². The highest BCUT2D eigenvalue weighted by Crippen LogP contribution is 2.24. The Kier molecular flexibility index (Phi) is 6.46. The largest absolute Gasteiger partial charge is 0.345 e. The Morgan fingerprint density at radius 2 is 1.71 bits per heavy atom. The second kappa shape index (κ2) is 9.01. The van der Waals surface area contributed by atoms with Crippen molar-refractivity contribution in [3.05, 3.63) is 70.2 Å². The van der Waals surface area contributed by atoms with E-state index in [1.54, 1.807) is 7.05 Å². The first-order chi connectivity index (χ1) is 13.5. The second-order valence-corrected chi connectivity index (χ2v) is 7.67. The van der Waals surface area contributed by atoms with Crippen LogP contribution in [-0.2, 0) is 9.59 Å². The first-order valence-corrected chi connectivity index (χ1v) is 9.90. The van der Waals surface area contributed by atoms with Crippen molar-refractivity contribution in [1.29, 1.82) is 0 Å². The molecule has 3 rings (SSSR count). The number of carbonyl (C=O) groups excluding carboxylic acids is 3. The average molecular weight is 444 g/mol. The van der Waals surface area contributed by atoms with Crippen LogP contribution in [0.15, 0.2) is 59.1 Å². The van der Waals surface area contributed by atoms with Gasteiger partial charge in [0.1, 0.15) is 6.54 Å². The number of imide groups is 1. The number of halogens is 1. The third-order valence-electron chi connectivity index (χ3n) is 4.66. The van der Waals surface area contributed by atoms with Crippen molar-refractivity contribution in [1.82, 2.24) is 15.1 Å². The molecule has 0 radical (unpaired) electrons. The summed E-state index contributed by atoms with van der Waals surface area (Å²) in [6.45, 7) is 0.356. The molecular weight excluding hydrogens is 422 g/mol. The Bertz CT molecular complexity index is 855. The lowest BCUT2D eigenvalue weighted by molar-refractivity contribution is -0.126. The van der Waals surface area contributed by atoms with Crippen molar-refractivity contribution in [2.45, 2.75) is 18.9 Å². The van der Waals surface area contributed by atoms with Crippen LogP contribution in [-0.4, -0.2) is 47.8 Å². The van der Waals surface area contributed by atoms with Gasteiger partial charge in [-0.25, -0.2) is 4.79 Å². The van der Waals surface area contributed by atoms with E-state index in [-0.39, 0.29) is 43.4 Å². The van der Waals surface area contributed by atoms with E-state index in [0.717, 1.165) is 15.6 Å². The summed E-state index contributed by atoms with van der Waals surface area (Å²) in [5, 5.41) is 3.07. The minimum absolute atomic E-state index is 0.102. The van der Waals surface area contributed by atoms with Gasteiger partial charge in [0.05, 0.1) is 6.04 Å². The van der Waals surface area contributed by atoms with E-state index in [4.69, 9.17) is 0 Å². The van der Waals surface area contributed by atoms with E-state index >= 15 is 0 Å². The highest BCUT2D eigenvalue weighted by molar-refractivity contribution is 9.10. The molecule has 0 aromatic heterocycles. The van der Waals surface area contributed by atoms with Crippen LogP contribution < -0.4 is 5.32 Å². The van der Waals surface area contributed by atoms with Crippen LogP contribution in [0.2, 0.25) is 0 Å². The first-order valence-electron chi connectivity index (χ1n) is 9.11. The lowest BCUT2D eigenvalue weighted by atomic mass is 9.98. The molecule has 0 bridgehead atoms. The smallest absolute Gasteiger partial charge is 0.326 e. The number of nitrogens with one attached hydrogen (secondary N) is 1. The third kappa shape index (κ3) is 4.78. The predicted octanol–water partition coefficient (Wildman–Crippen LogP) is 3.33. The molecule has 1 aliphatic rings. The number of rotatable bonds is 7. The van der Waals surface area contributed by atoms with Crippen molar-refractivity contribution >= 4 is 33.8 Å². The van der Waals surface area contributed by atoms with Crippen molar-refractivity contribution in [2.24, 2.45) is 0 Å². The molecule has 1 atom stereocenters. The number of hydrogen-bond acceptors (Lipinski definition) is 3. The number of hydrogen-bond donors (Lipinski definition) is 1. The Labute approximate surface area is 172 Å². The quantitative estimate of drug-likeness (QED) is 0.667. The molecule has 1 heterocycles. The minimum atomic E-state index is -0.303. The van der Waals surface area contributed by atoms with Crippen LogP contribution in [0, 0.1) is 0 Å². The molecule has 0 spiro atoms. The molecule has 1 aliphatic heterocycles. The second-order valence-electron chi connectivity index (χ2n) is 6.75. The Balaban J connectivity index is 1.62. The molecular formula is C21H22BrN3O3. The zero-order chi connectivity index (χ0) is 20.1. The van der Waals surface area contributed by atoms with E-state index in [1.807, 2.05) is 54.6 Å². The van der Waals surface area contributed by atoms with Crippen molar-refractivity contribution in [2.75, 3.05) is 20.1 Å². The Morgan fingerprint density at radius 3 is 2.32 bits per heavy atom. The number of benzene rings is 2. The molecule has 7 heteroatoms. The van der Waals surface area contributed by atoms with E-state index in [9.17, 15) is 14.4 Å². The monoisotopic (exact) mass is 443 g/mol. The fourth-order valence-corrected chi connectivity index (χ4v) is 3.44. The van der Waals surface area contributed by atoms with Gasteiger partial charge < -0.3 is 10.2 Å². The van der Waals surface area contributed by atoms with Crippen LogP contribution in [0.5, 0.6) is 0 Å². The lowest BCUT2D eigenvalue weighted by Crippen LogP contribution is -2.34. The molecule has 2 aromatic rings. The average Bonchev–Trinajstić information content (AvgIpc) is 2.93. The highest BCUT2D eigenvalue weighted by Gasteiger charge is 2.32. The fourth-order valence-electron chi connectivity index (χ4n) is 3.18. The Hall–Kier alpha value is -2.67. The van der Waals surface area contributed by atoms with Crippen LogP contribution in [0.4, 0.5) is 4.79 Å². The van der Waals surface area contributed by atoms with Crippen LogP contribution in [0.25, 0.3) is 0 Å². The maximum atomic E-state index is 12.5. The molecule has 1 saturated heterocycles. The topological polar surface area (TPSA) is 69.7 Å². The van der Waals surface area contributed by atoms with E-state index in [2.05, 4.69) is 21.2 Å². The van der Waals surface area contributed by atoms with Crippen LogP contribution in [0.3, 0.4) is 0 Å². The number of urea groups is 1. The molecule has 28 heavy (non-hydrogen) atoms. The number of likely N-dealkylation sites (N-methyl/N-ethyl adjacent to an activating group) is 1.